The highest BCUT2D eigenvalue weighted by atomic mass is 16.5. The van der Waals surface area contributed by atoms with Crippen molar-refractivity contribution in [2.45, 2.75) is 13.8 Å². The molecular weight excluding hydrogens is 254 g/mol. The molecule has 1 saturated heterocycles. The van der Waals surface area contributed by atoms with Gasteiger partial charge in [-0.1, -0.05) is 6.07 Å². The molecule has 110 valence electrons. The normalized spacial score (nSPS) is 17.1. The number of methoxy groups -OCH3 is 1. The van der Waals surface area contributed by atoms with Gasteiger partial charge in [0.2, 0.25) is 0 Å². The van der Waals surface area contributed by atoms with Crippen LogP contribution in [-0.2, 0) is 9.53 Å². The molecule has 20 heavy (non-hydrogen) atoms. The van der Waals surface area contributed by atoms with Crippen LogP contribution in [0.5, 0.6) is 0 Å². The van der Waals surface area contributed by atoms with Crippen LogP contribution in [0, 0.1) is 5.41 Å². The van der Waals surface area contributed by atoms with Crippen LogP contribution in [0.4, 0.5) is 5.82 Å². The molecule has 5 nitrogen and oxygen atoms in total. The van der Waals surface area contributed by atoms with Gasteiger partial charge in [0.15, 0.2) is 0 Å². The fraction of sp³-hybridized carbons (Fsp3) is 0.600. The van der Waals surface area contributed by atoms with E-state index in [0.717, 1.165) is 38.5 Å². The lowest BCUT2D eigenvalue weighted by Gasteiger charge is -2.38. The Hall–Kier alpha value is -1.62. The summed E-state index contributed by atoms with van der Waals surface area (Å²) >= 11 is 0. The van der Waals surface area contributed by atoms with Crippen LogP contribution in [0.2, 0.25) is 0 Å². The Labute approximate surface area is 120 Å². The molecule has 1 fully saturated rings. The number of hydrogen-bond acceptors (Lipinski definition) is 5. The summed E-state index contributed by atoms with van der Waals surface area (Å²) in [7, 11) is 1.45. The maximum atomic E-state index is 11.7. The maximum Gasteiger partial charge on any atom is 0.312 e. The van der Waals surface area contributed by atoms with Gasteiger partial charge in [0.25, 0.3) is 0 Å². The lowest BCUT2D eigenvalue weighted by molar-refractivity contribution is -0.151. The van der Waals surface area contributed by atoms with E-state index >= 15 is 0 Å². The third-order valence-corrected chi connectivity index (χ3v) is 3.70. The predicted molar refractivity (Wildman–Crippen MR) is 78.7 cm³/mol. The summed E-state index contributed by atoms with van der Waals surface area (Å²) in [4.78, 5) is 20.7. The third-order valence-electron chi connectivity index (χ3n) is 3.70. The minimum atomic E-state index is -0.456. The summed E-state index contributed by atoms with van der Waals surface area (Å²) in [5, 5.41) is 0. The molecule has 0 bridgehead atoms. The SMILES string of the molecule is COC(=O)C(C)(C)CN1CCN(c2ccccn2)CC1. The summed E-state index contributed by atoms with van der Waals surface area (Å²) < 4.78 is 4.86. The molecule has 0 unspecified atom stereocenters. The van der Waals surface area contributed by atoms with Crippen LogP contribution in [-0.4, -0.2) is 55.7 Å². The number of ether oxygens (including phenoxy) is 1. The molecule has 1 aliphatic rings. The van der Waals surface area contributed by atoms with E-state index < -0.39 is 5.41 Å². The number of esters is 1. The maximum absolute atomic E-state index is 11.7. The number of nitrogens with zero attached hydrogens (tertiary/aromatic N) is 3. The molecule has 5 heteroatoms. The lowest BCUT2D eigenvalue weighted by atomic mass is 9.92. The van der Waals surface area contributed by atoms with Crippen LogP contribution in [0.3, 0.4) is 0 Å². The molecule has 2 heterocycles. The molecule has 0 aromatic carbocycles. The van der Waals surface area contributed by atoms with Crippen molar-refractivity contribution in [1.82, 2.24) is 9.88 Å². The van der Waals surface area contributed by atoms with Crippen LogP contribution < -0.4 is 4.90 Å². The minimum Gasteiger partial charge on any atom is -0.469 e. The van der Waals surface area contributed by atoms with E-state index in [1.807, 2.05) is 38.2 Å². The van der Waals surface area contributed by atoms with Crippen molar-refractivity contribution < 1.29 is 9.53 Å². The minimum absolute atomic E-state index is 0.148. The molecular formula is C15H23N3O2. The number of carbonyl (C=O) groups excluding carboxylic acids is 1. The van der Waals surface area contributed by atoms with E-state index in [1.165, 1.54) is 7.11 Å². The molecule has 0 radical (unpaired) electrons. The summed E-state index contributed by atoms with van der Waals surface area (Å²) in [5.74, 6) is 0.879. The smallest absolute Gasteiger partial charge is 0.312 e. The number of piperazine rings is 1. The van der Waals surface area contributed by atoms with E-state index in [1.54, 1.807) is 0 Å². The fourth-order valence-electron chi connectivity index (χ4n) is 2.58. The molecule has 1 aromatic heterocycles. The first-order valence-electron chi connectivity index (χ1n) is 7.00. The van der Waals surface area contributed by atoms with Gasteiger partial charge in [-0.25, -0.2) is 4.98 Å². The van der Waals surface area contributed by atoms with Crippen LogP contribution >= 0.6 is 0 Å². The number of anilines is 1. The van der Waals surface area contributed by atoms with Crippen molar-refractivity contribution in [1.29, 1.82) is 0 Å². The van der Waals surface area contributed by atoms with Crippen molar-refractivity contribution in [2.75, 3.05) is 44.7 Å². The summed E-state index contributed by atoms with van der Waals surface area (Å²) in [5.41, 5.74) is -0.456. The molecule has 0 amide bonds. The predicted octanol–water partition coefficient (Wildman–Crippen LogP) is 1.40. The first-order chi connectivity index (χ1) is 9.53. The van der Waals surface area contributed by atoms with Gasteiger partial charge in [-0.3, -0.25) is 9.69 Å². The second kappa shape index (κ2) is 6.22. The second-order valence-corrected chi connectivity index (χ2v) is 5.83. The topological polar surface area (TPSA) is 45.7 Å². The fourth-order valence-corrected chi connectivity index (χ4v) is 2.58. The second-order valence-electron chi connectivity index (χ2n) is 5.83. The monoisotopic (exact) mass is 277 g/mol. The average molecular weight is 277 g/mol. The van der Waals surface area contributed by atoms with Crippen molar-refractivity contribution in [3.05, 3.63) is 24.4 Å². The Morgan fingerprint density at radius 3 is 2.55 bits per heavy atom. The molecule has 0 saturated carbocycles. The number of carbonyl (C=O) groups is 1. The zero-order valence-electron chi connectivity index (χ0n) is 12.5. The highest BCUT2D eigenvalue weighted by Gasteiger charge is 2.32. The average Bonchev–Trinajstić information content (AvgIpc) is 2.47. The lowest BCUT2D eigenvalue weighted by Crippen LogP contribution is -2.50. The number of aromatic nitrogens is 1. The summed E-state index contributed by atoms with van der Waals surface area (Å²) in [6.45, 7) is 8.36. The molecule has 0 spiro atoms. The van der Waals surface area contributed by atoms with Gasteiger partial charge in [-0.15, -0.1) is 0 Å². The third kappa shape index (κ3) is 3.48. The van der Waals surface area contributed by atoms with Crippen LogP contribution in [0.1, 0.15) is 13.8 Å². The quantitative estimate of drug-likeness (QED) is 0.779. The Morgan fingerprint density at radius 1 is 1.30 bits per heavy atom. The zero-order chi connectivity index (χ0) is 14.6. The van der Waals surface area contributed by atoms with Crippen molar-refractivity contribution >= 4 is 11.8 Å². The van der Waals surface area contributed by atoms with Crippen molar-refractivity contribution in [2.24, 2.45) is 5.41 Å². The van der Waals surface area contributed by atoms with Gasteiger partial charge in [0, 0.05) is 38.9 Å². The Morgan fingerprint density at radius 2 is 2.00 bits per heavy atom. The molecule has 1 aromatic rings. The van der Waals surface area contributed by atoms with Crippen LogP contribution in [0.25, 0.3) is 0 Å². The zero-order valence-corrected chi connectivity index (χ0v) is 12.5. The van der Waals surface area contributed by atoms with Crippen molar-refractivity contribution in [3.8, 4) is 0 Å². The van der Waals surface area contributed by atoms with Gasteiger partial charge in [0.05, 0.1) is 12.5 Å². The number of hydrogen-bond donors (Lipinski definition) is 0. The first kappa shape index (κ1) is 14.8. The summed E-state index contributed by atoms with van der Waals surface area (Å²) in [6.07, 6.45) is 1.82. The van der Waals surface area contributed by atoms with Crippen LogP contribution in [0.15, 0.2) is 24.4 Å². The van der Waals surface area contributed by atoms with E-state index in [4.69, 9.17) is 4.74 Å². The van der Waals surface area contributed by atoms with E-state index in [9.17, 15) is 4.79 Å². The van der Waals surface area contributed by atoms with Gasteiger partial charge < -0.3 is 9.64 Å². The molecule has 0 atom stereocenters. The Kier molecular flexibility index (Phi) is 4.60. The number of rotatable bonds is 4. The largest absolute Gasteiger partial charge is 0.469 e. The molecule has 0 aliphatic carbocycles. The van der Waals surface area contributed by atoms with E-state index in [0.29, 0.717) is 0 Å². The molecule has 2 rings (SSSR count). The number of pyridine rings is 1. The van der Waals surface area contributed by atoms with Gasteiger partial charge in [-0.05, 0) is 26.0 Å². The Bertz CT molecular complexity index is 440. The molecule has 1 aliphatic heterocycles. The standard InChI is InChI=1S/C15H23N3O2/c1-15(2,14(19)20-3)12-17-8-10-18(11-9-17)13-6-4-5-7-16-13/h4-7H,8-12H2,1-3H3. The van der Waals surface area contributed by atoms with E-state index in [2.05, 4.69) is 14.8 Å². The Balaban J connectivity index is 1.87. The van der Waals surface area contributed by atoms with Crippen molar-refractivity contribution in [3.63, 3.8) is 0 Å². The summed E-state index contributed by atoms with van der Waals surface area (Å²) in [6, 6.07) is 5.97. The van der Waals surface area contributed by atoms with Gasteiger partial charge >= 0.3 is 5.97 Å². The highest BCUT2D eigenvalue weighted by Crippen LogP contribution is 2.21. The van der Waals surface area contributed by atoms with Gasteiger partial charge in [-0.2, -0.15) is 0 Å². The van der Waals surface area contributed by atoms with Gasteiger partial charge in [0.1, 0.15) is 5.82 Å². The first-order valence-corrected chi connectivity index (χ1v) is 7.00. The molecule has 0 N–H and O–H groups in total. The highest BCUT2D eigenvalue weighted by molar-refractivity contribution is 5.76. The van der Waals surface area contributed by atoms with E-state index in [-0.39, 0.29) is 5.97 Å².